The molecule has 2 aromatic rings. The van der Waals surface area contributed by atoms with Gasteiger partial charge in [0.1, 0.15) is 5.82 Å². The van der Waals surface area contributed by atoms with E-state index in [2.05, 4.69) is 10.3 Å². The predicted molar refractivity (Wildman–Crippen MR) is 76.2 cm³/mol. The highest BCUT2D eigenvalue weighted by Gasteiger charge is 2.14. The van der Waals surface area contributed by atoms with Gasteiger partial charge in [-0.1, -0.05) is 6.07 Å². The molecule has 0 bridgehead atoms. The number of carbonyl (C=O) groups is 1. The van der Waals surface area contributed by atoms with Crippen LogP contribution in [0.2, 0.25) is 0 Å². The van der Waals surface area contributed by atoms with Crippen molar-refractivity contribution in [3.05, 3.63) is 42.0 Å². The minimum Gasteiger partial charge on any atom is -0.454 e. The monoisotopic (exact) mass is 287 g/mol. The third kappa shape index (κ3) is 3.16. The highest BCUT2D eigenvalue weighted by atomic mass is 16.7. The lowest BCUT2D eigenvalue weighted by Gasteiger charge is -2.06. The van der Waals surface area contributed by atoms with Crippen molar-refractivity contribution < 1.29 is 14.3 Å². The number of carbonyl (C=O) groups excluding carboxylic acids is 1. The Morgan fingerprint density at radius 3 is 3.05 bits per heavy atom. The molecule has 1 N–H and O–H groups in total. The van der Waals surface area contributed by atoms with Crippen LogP contribution in [0.1, 0.15) is 11.4 Å². The number of nitrogens with zero attached hydrogens (tertiary/aromatic N) is 2. The summed E-state index contributed by atoms with van der Waals surface area (Å²) in [6.45, 7) is 0.822. The average Bonchev–Trinajstić information content (AvgIpc) is 3.07. The maximum atomic E-state index is 11.9. The van der Waals surface area contributed by atoms with Gasteiger partial charge < -0.3 is 19.4 Å². The summed E-state index contributed by atoms with van der Waals surface area (Å²) in [4.78, 5) is 16.1. The molecule has 6 heteroatoms. The lowest BCUT2D eigenvalue weighted by Crippen LogP contribution is -2.27. The van der Waals surface area contributed by atoms with Crippen LogP contribution < -0.4 is 14.8 Å². The largest absolute Gasteiger partial charge is 0.454 e. The molecular weight excluding hydrogens is 270 g/mol. The van der Waals surface area contributed by atoms with E-state index in [1.165, 1.54) is 0 Å². The highest BCUT2D eigenvalue weighted by molar-refractivity contribution is 5.78. The first-order chi connectivity index (χ1) is 10.2. The third-order valence-corrected chi connectivity index (χ3v) is 3.39. The van der Waals surface area contributed by atoms with Gasteiger partial charge in [0.15, 0.2) is 11.5 Å². The van der Waals surface area contributed by atoms with Gasteiger partial charge in [0.05, 0.1) is 6.42 Å². The molecule has 0 radical (unpaired) electrons. The van der Waals surface area contributed by atoms with Crippen LogP contribution in [0.5, 0.6) is 11.5 Å². The summed E-state index contributed by atoms with van der Waals surface area (Å²) < 4.78 is 12.5. The van der Waals surface area contributed by atoms with Gasteiger partial charge >= 0.3 is 0 Å². The molecule has 0 unspecified atom stereocenters. The minimum absolute atomic E-state index is 0.0110. The first-order valence-electron chi connectivity index (χ1n) is 6.84. The Hall–Kier alpha value is -2.50. The second-order valence-corrected chi connectivity index (χ2v) is 4.92. The highest BCUT2D eigenvalue weighted by Crippen LogP contribution is 2.32. The summed E-state index contributed by atoms with van der Waals surface area (Å²) in [5, 5.41) is 2.90. The Labute approximate surface area is 122 Å². The van der Waals surface area contributed by atoms with Crippen LogP contribution in [0.25, 0.3) is 0 Å². The fraction of sp³-hybridized carbons (Fsp3) is 0.333. The molecule has 6 nitrogen and oxygen atoms in total. The number of fused-ring (bicyclic) bond motifs is 1. The van der Waals surface area contributed by atoms with Gasteiger partial charge in [0.2, 0.25) is 12.7 Å². The van der Waals surface area contributed by atoms with E-state index in [-0.39, 0.29) is 12.7 Å². The number of hydrogen-bond acceptors (Lipinski definition) is 4. The van der Waals surface area contributed by atoms with Crippen molar-refractivity contribution in [2.45, 2.75) is 12.8 Å². The number of amides is 1. The van der Waals surface area contributed by atoms with Crippen molar-refractivity contribution in [2.24, 2.45) is 7.05 Å². The van der Waals surface area contributed by atoms with Gasteiger partial charge in [-0.3, -0.25) is 4.79 Å². The summed E-state index contributed by atoms with van der Waals surface area (Å²) >= 11 is 0. The molecule has 1 aromatic heterocycles. The molecule has 0 spiro atoms. The molecule has 1 aliphatic rings. The number of rotatable bonds is 5. The van der Waals surface area contributed by atoms with Crippen LogP contribution >= 0.6 is 0 Å². The number of hydrogen-bond donors (Lipinski definition) is 1. The number of aryl methyl sites for hydroxylation is 1. The number of benzene rings is 1. The zero-order chi connectivity index (χ0) is 14.7. The Kier molecular flexibility index (Phi) is 3.77. The van der Waals surface area contributed by atoms with E-state index in [1.54, 1.807) is 6.20 Å². The molecule has 2 heterocycles. The van der Waals surface area contributed by atoms with E-state index in [4.69, 9.17) is 9.47 Å². The maximum Gasteiger partial charge on any atom is 0.231 e. The summed E-state index contributed by atoms with van der Waals surface area (Å²) in [5.41, 5.74) is 0.911. The van der Waals surface area contributed by atoms with Crippen molar-refractivity contribution >= 4 is 5.91 Å². The minimum atomic E-state index is -0.0110. The molecule has 1 aromatic carbocycles. The molecule has 110 valence electrons. The first kappa shape index (κ1) is 13.5. The number of ether oxygens (including phenoxy) is 2. The number of imidazole rings is 1. The van der Waals surface area contributed by atoms with Crippen LogP contribution in [-0.2, 0) is 24.7 Å². The van der Waals surface area contributed by atoms with Gasteiger partial charge in [-0.05, 0) is 17.7 Å². The van der Waals surface area contributed by atoms with Crippen LogP contribution in [0.15, 0.2) is 30.6 Å². The second kappa shape index (κ2) is 5.87. The molecule has 3 rings (SSSR count). The topological polar surface area (TPSA) is 65.4 Å². The summed E-state index contributed by atoms with van der Waals surface area (Å²) in [6.07, 6.45) is 4.70. The summed E-state index contributed by atoms with van der Waals surface area (Å²) in [7, 11) is 1.94. The van der Waals surface area contributed by atoms with Gasteiger partial charge in [0, 0.05) is 32.4 Å². The fourth-order valence-electron chi connectivity index (χ4n) is 2.25. The van der Waals surface area contributed by atoms with Crippen molar-refractivity contribution in [2.75, 3.05) is 13.3 Å². The molecule has 0 saturated carbocycles. The maximum absolute atomic E-state index is 11.9. The lowest BCUT2D eigenvalue weighted by molar-refractivity contribution is -0.120. The molecule has 0 saturated heterocycles. The van der Waals surface area contributed by atoms with Crippen molar-refractivity contribution in [1.82, 2.24) is 14.9 Å². The zero-order valence-electron chi connectivity index (χ0n) is 11.8. The van der Waals surface area contributed by atoms with Crippen LogP contribution in [-0.4, -0.2) is 28.8 Å². The van der Waals surface area contributed by atoms with Gasteiger partial charge in [-0.15, -0.1) is 0 Å². The molecular formula is C15H17N3O3. The SMILES string of the molecule is Cn1ccnc1CCNC(=O)Cc1ccc2c(c1)OCO2. The fourth-order valence-corrected chi connectivity index (χ4v) is 2.25. The van der Waals surface area contributed by atoms with E-state index < -0.39 is 0 Å². The van der Waals surface area contributed by atoms with E-state index in [1.807, 2.05) is 36.0 Å². The molecule has 1 aliphatic heterocycles. The normalized spacial score (nSPS) is 12.4. The van der Waals surface area contributed by atoms with Crippen LogP contribution in [0.4, 0.5) is 0 Å². The number of aromatic nitrogens is 2. The van der Waals surface area contributed by atoms with Crippen molar-refractivity contribution in [3.63, 3.8) is 0 Å². The predicted octanol–water partition coefficient (Wildman–Crippen LogP) is 1.05. The second-order valence-electron chi connectivity index (χ2n) is 4.92. The zero-order valence-corrected chi connectivity index (χ0v) is 11.8. The van der Waals surface area contributed by atoms with Gasteiger partial charge in [-0.2, -0.15) is 0 Å². The van der Waals surface area contributed by atoms with Gasteiger partial charge in [-0.25, -0.2) is 4.98 Å². The Bertz CT molecular complexity index is 651. The molecule has 0 fully saturated rings. The van der Waals surface area contributed by atoms with E-state index >= 15 is 0 Å². The lowest BCUT2D eigenvalue weighted by atomic mass is 10.1. The standard InChI is InChI=1S/C15H17N3O3/c1-18-7-6-16-14(18)4-5-17-15(19)9-11-2-3-12-13(8-11)21-10-20-12/h2-3,6-8H,4-5,9-10H2,1H3,(H,17,19). The van der Waals surface area contributed by atoms with E-state index in [0.29, 0.717) is 18.7 Å². The van der Waals surface area contributed by atoms with E-state index in [9.17, 15) is 4.79 Å². The van der Waals surface area contributed by atoms with Crippen LogP contribution in [0.3, 0.4) is 0 Å². The average molecular weight is 287 g/mol. The Morgan fingerprint density at radius 2 is 2.24 bits per heavy atom. The number of nitrogens with one attached hydrogen (secondary N) is 1. The summed E-state index contributed by atoms with van der Waals surface area (Å²) in [5.74, 6) is 2.38. The molecule has 1 amide bonds. The third-order valence-electron chi connectivity index (χ3n) is 3.39. The quantitative estimate of drug-likeness (QED) is 0.892. The Balaban J connectivity index is 1.49. The van der Waals surface area contributed by atoms with Crippen LogP contribution in [0, 0.1) is 0 Å². The summed E-state index contributed by atoms with van der Waals surface area (Å²) in [6, 6.07) is 5.56. The van der Waals surface area contributed by atoms with Crippen molar-refractivity contribution in [3.8, 4) is 11.5 Å². The molecule has 21 heavy (non-hydrogen) atoms. The smallest absolute Gasteiger partial charge is 0.231 e. The van der Waals surface area contributed by atoms with Gasteiger partial charge in [0.25, 0.3) is 0 Å². The molecule has 0 atom stereocenters. The molecule has 0 aliphatic carbocycles. The van der Waals surface area contributed by atoms with E-state index in [0.717, 1.165) is 23.6 Å². The van der Waals surface area contributed by atoms with Crippen molar-refractivity contribution in [1.29, 1.82) is 0 Å². The first-order valence-corrected chi connectivity index (χ1v) is 6.84. The Morgan fingerprint density at radius 1 is 1.38 bits per heavy atom.